The molecule has 0 spiro atoms. The fourth-order valence-electron chi connectivity index (χ4n) is 4.02. The lowest BCUT2D eigenvalue weighted by molar-refractivity contribution is -0.127. The largest absolute Gasteiger partial charge is 0.369 e. The maximum absolute atomic E-state index is 12.0. The number of hydrogen-bond donors (Lipinski definition) is 2. The third kappa shape index (κ3) is 6.14. The van der Waals surface area contributed by atoms with E-state index in [4.69, 9.17) is 0 Å². The number of aliphatic imine (C=N–C) groups is 1. The Bertz CT molecular complexity index is 640. The SMILES string of the molecule is CN(C)C(=O)CN=C(NC1CCCCC1)NC1CCCN(c2ccccc2)C1. The van der Waals surface area contributed by atoms with Gasteiger partial charge in [0.15, 0.2) is 5.96 Å². The Labute approximate surface area is 169 Å². The van der Waals surface area contributed by atoms with E-state index < -0.39 is 0 Å². The average molecular weight is 386 g/mol. The van der Waals surface area contributed by atoms with Crippen molar-refractivity contribution >= 4 is 17.6 Å². The number of guanidine groups is 1. The topological polar surface area (TPSA) is 60.0 Å². The smallest absolute Gasteiger partial charge is 0.243 e. The van der Waals surface area contributed by atoms with Crippen LogP contribution in [0.25, 0.3) is 0 Å². The number of carbonyl (C=O) groups is 1. The molecular weight excluding hydrogens is 350 g/mol. The van der Waals surface area contributed by atoms with Crippen LogP contribution in [0.2, 0.25) is 0 Å². The van der Waals surface area contributed by atoms with Crippen LogP contribution in [0.3, 0.4) is 0 Å². The van der Waals surface area contributed by atoms with Crippen LogP contribution in [0.4, 0.5) is 5.69 Å². The Kier molecular flexibility index (Phi) is 7.57. The number of likely N-dealkylation sites (N-methyl/N-ethyl adjacent to an activating group) is 1. The Hall–Kier alpha value is -2.24. The summed E-state index contributed by atoms with van der Waals surface area (Å²) in [6, 6.07) is 11.4. The van der Waals surface area contributed by atoms with Crippen molar-refractivity contribution in [3.8, 4) is 0 Å². The summed E-state index contributed by atoms with van der Waals surface area (Å²) in [4.78, 5) is 20.7. The molecule has 2 aliphatic rings. The van der Waals surface area contributed by atoms with Gasteiger partial charge in [-0.2, -0.15) is 0 Å². The van der Waals surface area contributed by atoms with Crippen molar-refractivity contribution in [2.75, 3.05) is 38.6 Å². The van der Waals surface area contributed by atoms with Crippen molar-refractivity contribution in [1.82, 2.24) is 15.5 Å². The van der Waals surface area contributed by atoms with Crippen LogP contribution in [0.1, 0.15) is 44.9 Å². The Morgan fingerprint density at radius 3 is 2.43 bits per heavy atom. The zero-order chi connectivity index (χ0) is 19.8. The molecule has 6 nitrogen and oxygen atoms in total. The minimum atomic E-state index is 0.0271. The highest BCUT2D eigenvalue weighted by molar-refractivity contribution is 5.85. The Balaban J connectivity index is 1.63. The second kappa shape index (κ2) is 10.3. The van der Waals surface area contributed by atoms with Crippen LogP contribution in [0.15, 0.2) is 35.3 Å². The molecule has 3 rings (SSSR count). The number of carbonyl (C=O) groups excluding carboxylic acids is 1. The highest BCUT2D eigenvalue weighted by Gasteiger charge is 2.22. The molecule has 1 unspecified atom stereocenters. The van der Waals surface area contributed by atoms with E-state index in [2.05, 4.69) is 50.9 Å². The monoisotopic (exact) mass is 385 g/mol. The van der Waals surface area contributed by atoms with Crippen molar-refractivity contribution in [3.05, 3.63) is 30.3 Å². The van der Waals surface area contributed by atoms with Gasteiger partial charge in [0.2, 0.25) is 5.91 Å². The first-order valence-corrected chi connectivity index (χ1v) is 10.7. The predicted octanol–water partition coefficient (Wildman–Crippen LogP) is 2.61. The molecule has 0 bridgehead atoms. The van der Waals surface area contributed by atoms with Crippen molar-refractivity contribution in [2.45, 2.75) is 57.0 Å². The third-order valence-corrected chi connectivity index (χ3v) is 5.70. The number of amides is 1. The first-order valence-electron chi connectivity index (χ1n) is 10.7. The van der Waals surface area contributed by atoms with Crippen LogP contribution in [0, 0.1) is 0 Å². The highest BCUT2D eigenvalue weighted by atomic mass is 16.2. The van der Waals surface area contributed by atoms with Crippen molar-refractivity contribution < 1.29 is 4.79 Å². The summed E-state index contributed by atoms with van der Waals surface area (Å²) in [7, 11) is 3.55. The molecule has 1 aromatic carbocycles. The van der Waals surface area contributed by atoms with Gasteiger partial charge in [-0.15, -0.1) is 0 Å². The Morgan fingerprint density at radius 1 is 1.04 bits per heavy atom. The fourth-order valence-corrected chi connectivity index (χ4v) is 4.02. The van der Waals surface area contributed by atoms with E-state index in [-0.39, 0.29) is 12.5 Å². The van der Waals surface area contributed by atoms with Crippen LogP contribution < -0.4 is 15.5 Å². The molecular formula is C22H35N5O. The minimum absolute atomic E-state index is 0.0271. The van der Waals surface area contributed by atoms with E-state index in [0.29, 0.717) is 12.1 Å². The quantitative estimate of drug-likeness (QED) is 0.604. The number of benzene rings is 1. The summed E-state index contributed by atoms with van der Waals surface area (Å²) < 4.78 is 0. The summed E-state index contributed by atoms with van der Waals surface area (Å²) in [6.07, 6.45) is 8.51. The molecule has 1 saturated heterocycles. The van der Waals surface area contributed by atoms with Gasteiger partial charge >= 0.3 is 0 Å². The summed E-state index contributed by atoms with van der Waals surface area (Å²) in [5.41, 5.74) is 1.27. The third-order valence-electron chi connectivity index (χ3n) is 5.70. The normalized spacial score (nSPS) is 21.3. The van der Waals surface area contributed by atoms with E-state index in [1.54, 1.807) is 19.0 Å². The maximum Gasteiger partial charge on any atom is 0.243 e. The summed E-state index contributed by atoms with van der Waals surface area (Å²) in [5.74, 6) is 0.821. The summed E-state index contributed by atoms with van der Waals surface area (Å²) in [6.45, 7) is 2.23. The van der Waals surface area contributed by atoms with Crippen molar-refractivity contribution in [2.24, 2.45) is 4.99 Å². The molecule has 1 heterocycles. The maximum atomic E-state index is 12.0. The lowest BCUT2D eigenvalue weighted by Crippen LogP contribution is -2.53. The van der Waals surface area contributed by atoms with E-state index >= 15 is 0 Å². The molecule has 154 valence electrons. The molecule has 1 aromatic rings. The van der Waals surface area contributed by atoms with Crippen LogP contribution >= 0.6 is 0 Å². The van der Waals surface area contributed by atoms with Gasteiger partial charge in [-0.05, 0) is 37.8 Å². The van der Waals surface area contributed by atoms with E-state index in [1.165, 1.54) is 37.8 Å². The Morgan fingerprint density at radius 2 is 1.71 bits per heavy atom. The van der Waals surface area contributed by atoms with Gasteiger partial charge in [0.25, 0.3) is 0 Å². The van der Waals surface area contributed by atoms with E-state index in [1.807, 2.05) is 0 Å². The van der Waals surface area contributed by atoms with Gasteiger partial charge in [-0.1, -0.05) is 37.5 Å². The molecule has 28 heavy (non-hydrogen) atoms. The van der Waals surface area contributed by atoms with Crippen molar-refractivity contribution in [3.63, 3.8) is 0 Å². The lowest BCUT2D eigenvalue weighted by atomic mass is 9.96. The molecule has 6 heteroatoms. The van der Waals surface area contributed by atoms with Gasteiger partial charge in [0, 0.05) is 45.0 Å². The molecule has 1 aliphatic heterocycles. The first kappa shape index (κ1) is 20.5. The zero-order valence-corrected chi connectivity index (χ0v) is 17.4. The minimum Gasteiger partial charge on any atom is -0.369 e. The molecule has 0 aromatic heterocycles. The van der Waals surface area contributed by atoms with E-state index in [0.717, 1.165) is 31.9 Å². The fraction of sp³-hybridized carbons (Fsp3) is 0.636. The number of piperidine rings is 1. The van der Waals surface area contributed by atoms with Gasteiger partial charge in [0.05, 0.1) is 0 Å². The van der Waals surface area contributed by atoms with Crippen molar-refractivity contribution in [1.29, 1.82) is 0 Å². The van der Waals surface area contributed by atoms with Gasteiger partial charge < -0.3 is 20.4 Å². The lowest BCUT2D eigenvalue weighted by Gasteiger charge is -2.36. The zero-order valence-electron chi connectivity index (χ0n) is 17.4. The summed E-state index contributed by atoms with van der Waals surface area (Å²) >= 11 is 0. The molecule has 1 atom stereocenters. The van der Waals surface area contributed by atoms with Gasteiger partial charge in [-0.25, -0.2) is 4.99 Å². The average Bonchev–Trinajstić information content (AvgIpc) is 2.73. The van der Waals surface area contributed by atoms with Crippen LogP contribution in [-0.4, -0.2) is 62.6 Å². The summed E-state index contributed by atoms with van der Waals surface area (Å²) in [5, 5.41) is 7.23. The number of hydrogen-bond acceptors (Lipinski definition) is 3. The molecule has 2 N–H and O–H groups in total. The number of anilines is 1. The number of nitrogens with one attached hydrogen (secondary N) is 2. The molecule has 1 amide bonds. The predicted molar refractivity (Wildman–Crippen MR) is 116 cm³/mol. The second-order valence-electron chi connectivity index (χ2n) is 8.20. The van der Waals surface area contributed by atoms with Gasteiger partial charge in [0.1, 0.15) is 6.54 Å². The standard InChI is InChI=1S/C22H35N5O/c1-26(2)21(28)16-23-22(24-18-10-5-3-6-11-18)25-19-12-9-15-27(17-19)20-13-7-4-8-14-20/h4,7-8,13-14,18-19H,3,5-6,9-12,15-17H2,1-2H3,(H2,23,24,25). The highest BCUT2D eigenvalue weighted by Crippen LogP contribution is 2.20. The number of nitrogens with zero attached hydrogens (tertiary/aromatic N) is 3. The molecule has 1 saturated carbocycles. The van der Waals surface area contributed by atoms with Gasteiger partial charge in [-0.3, -0.25) is 4.79 Å². The molecule has 0 radical (unpaired) electrons. The second-order valence-corrected chi connectivity index (χ2v) is 8.20. The molecule has 1 aliphatic carbocycles. The number of para-hydroxylation sites is 1. The van der Waals surface area contributed by atoms with Crippen LogP contribution in [0.5, 0.6) is 0 Å². The first-order chi connectivity index (χ1) is 13.6. The number of rotatable bonds is 5. The van der Waals surface area contributed by atoms with Crippen LogP contribution in [-0.2, 0) is 4.79 Å². The van der Waals surface area contributed by atoms with E-state index in [9.17, 15) is 4.79 Å². The molecule has 2 fully saturated rings.